The second kappa shape index (κ2) is 7.62. The van der Waals surface area contributed by atoms with E-state index in [1.807, 2.05) is 37.3 Å². The lowest BCUT2D eigenvalue weighted by Gasteiger charge is -2.16. The molecule has 0 radical (unpaired) electrons. The first-order chi connectivity index (χ1) is 12.1. The third-order valence-corrected chi connectivity index (χ3v) is 3.88. The van der Waals surface area contributed by atoms with Gasteiger partial charge in [0.15, 0.2) is 0 Å². The Labute approximate surface area is 145 Å². The highest BCUT2D eigenvalue weighted by Gasteiger charge is 2.16. The highest BCUT2D eigenvalue weighted by atomic mass is 19.1. The molecular weight excluding hydrogens is 317 g/mol. The summed E-state index contributed by atoms with van der Waals surface area (Å²) in [6.45, 7) is 1.86. The number of amides is 1. The van der Waals surface area contributed by atoms with Gasteiger partial charge in [-0.3, -0.25) is 4.79 Å². The number of carbonyl (C=O) groups is 1. The number of nitrogens with one attached hydrogen (secondary N) is 1. The fourth-order valence-electron chi connectivity index (χ4n) is 2.52. The van der Waals surface area contributed by atoms with Gasteiger partial charge in [-0.1, -0.05) is 42.5 Å². The highest BCUT2D eigenvalue weighted by Crippen LogP contribution is 2.21. The second-order valence-electron chi connectivity index (χ2n) is 5.69. The molecule has 3 rings (SSSR count). The van der Waals surface area contributed by atoms with Gasteiger partial charge in [0.2, 0.25) is 0 Å². The van der Waals surface area contributed by atoms with E-state index in [1.165, 1.54) is 12.1 Å². The molecule has 0 aliphatic heterocycles. The molecule has 0 aliphatic carbocycles. The van der Waals surface area contributed by atoms with Gasteiger partial charge < -0.3 is 9.73 Å². The fourth-order valence-corrected chi connectivity index (χ4v) is 2.52. The van der Waals surface area contributed by atoms with Crippen molar-refractivity contribution in [3.63, 3.8) is 0 Å². The van der Waals surface area contributed by atoms with Crippen LogP contribution in [0.25, 0.3) is 11.6 Å². The minimum absolute atomic E-state index is 0.223. The molecule has 2 aromatic carbocycles. The van der Waals surface area contributed by atoms with Crippen LogP contribution in [0.5, 0.6) is 0 Å². The van der Waals surface area contributed by atoms with Crippen LogP contribution in [0, 0.1) is 5.82 Å². The van der Waals surface area contributed by atoms with Crippen LogP contribution in [-0.2, 0) is 4.79 Å². The minimum atomic E-state index is -0.301. The molecule has 0 saturated heterocycles. The first-order valence-electron chi connectivity index (χ1n) is 8.00. The summed E-state index contributed by atoms with van der Waals surface area (Å²) >= 11 is 0. The summed E-state index contributed by atoms with van der Waals surface area (Å²) in [5.74, 6) is 0.0767. The van der Waals surface area contributed by atoms with E-state index in [9.17, 15) is 9.18 Å². The summed E-state index contributed by atoms with van der Waals surface area (Å²) in [7, 11) is 0. The zero-order valence-corrected chi connectivity index (χ0v) is 13.8. The molecule has 0 spiro atoms. The van der Waals surface area contributed by atoms with E-state index in [2.05, 4.69) is 5.32 Å². The first-order valence-corrected chi connectivity index (χ1v) is 8.00. The van der Waals surface area contributed by atoms with Gasteiger partial charge >= 0.3 is 0 Å². The number of benzene rings is 2. The Hall–Kier alpha value is -3.14. The zero-order chi connectivity index (χ0) is 17.6. The number of hydrogen-bond donors (Lipinski definition) is 1. The van der Waals surface area contributed by atoms with Crippen molar-refractivity contribution >= 4 is 17.6 Å². The van der Waals surface area contributed by atoms with Gasteiger partial charge in [0, 0.05) is 0 Å². The monoisotopic (exact) mass is 335 g/mol. The van der Waals surface area contributed by atoms with Crippen LogP contribution in [0.3, 0.4) is 0 Å². The highest BCUT2D eigenvalue weighted by molar-refractivity contribution is 6.24. The molecule has 4 heteroatoms. The molecule has 0 fully saturated rings. The fraction of sp³-hybridized carbons (Fsp3) is 0.0952. The number of rotatable bonds is 5. The molecule has 1 aromatic heterocycles. The van der Waals surface area contributed by atoms with Crippen molar-refractivity contribution in [2.24, 2.45) is 0 Å². The Morgan fingerprint density at radius 2 is 1.76 bits per heavy atom. The third kappa shape index (κ3) is 4.23. The average molecular weight is 335 g/mol. The summed E-state index contributed by atoms with van der Waals surface area (Å²) in [6, 6.07) is 18.8. The Bertz CT molecular complexity index is 853. The number of halogens is 1. The van der Waals surface area contributed by atoms with Gasteiger partial charge in [0.1, 0.15) is 11.6 Å². The largest absolute Gasteiger partial charge is 0.465 e. The van der Waals surface area contributed by atoms with Gasteiger partial charge in [-0.05, 0) is 48.4 Å². The molecule has 1 amide bonds. The van der Waals surface area contributed by atoms with E-state index >= 15 is 0 Å². The van der Waals surface area contributed by atoms with Crippen LogP contribution in [0.4, 0.5) is 4.39 Å². The topological polar surface area (TPSA) is 42.2 Å². The lowest BCUT2D eigenvalue weighted by Crippen LogP contribution is -2.27. The summed E-state index contributed by atoms with van der Waals surface area (Å²) in [4.78, 5) is 12.8. The van der Waals surface area contributed by atoms with Crippen molar-refractivity contribution < 1.29 is 13.6 Å². The van der Waals surface area contributed by atoms with E-state index in [1.54, 1.807) is 36.6 Å². The smallest absolute Gasteiger partial charge is 0.252 e. The predicted molar refractivity (Wildman–Crippen MR) is 96.0 cm³/mol. The van der Waals surface area contributed by atoms with Crippen molar-refractivity contribution in [3.05, 3.63) is 95.7 Å². The van der Waals surface area contributed by atoms with Crippen LogP contribution in [-0.4, -0.2) is 5.91 Å². The maximum absolute atomic E-state index is 13.1. The molecule has 3 aromatic rings. The molecule has 1 N–H and O–H groups in total. The van der Waals surface area contributed by atoms with E-state index in [-0.39, 0.29) is 17.8 Å². The van der Waals surface area contributed by atoms with Crippen LogP contribution in [0.15, 0.2) is 77.4 Å². The number of hydrogen-bond acceptors (Lipinski definition) is 2. The van der Waals surface area contributed by atoms with Crippen molar-refractivity contribution in [2.45, 2.75) is 13.0 Å². The van der Waals surface area contributed by atoms with Crippen LogP contribution >= 0.6 is 0 Å². The lowest BCUT2D eigenvalue weighted by atomic mass is 10.0. The number of furan rings is 1. The van der Waals surface area contributed by atoms with Crippen molar-refractivity contribution in [2.75, 3.05) is 0 Å². The quantitative estimate of drug-likeness (QED) is 0.678. The molecule has 126 valence electrons. The second-order valence-corrected chi connectivity index (χ2v) is 5.69. The molecule has 0 saturated carbocycles. The summed E-state index contributed by atoms with van der Waals surface area (Å²) < 4.78 is 18.4. The van der Waals surface area contributed by atoms with Gasteiger partial charge in [-0.2, -0.15) is 0 Å². The predicted octanol–water partition coefficient (Wildman–Crippen LogP) is 4.84. The maximum Gasteiger partial charge on any atom is 0.252 e. The summed E-state index contributed by atoms with van der Waals surface area (Å²) in [5, 5.41) is 2.96. The molecule has 0 bridgehead atoms. The zero-order valence-electron chi connectivity index (χ0n) is 13.8. The third-order valence-electron chi connectivity index (χ3n) is 3.88. The Morgan fingerprint density at radius 1 is 1.04 bits per heavy atom. The van der Waals surface area contributed by atoms with E-state index < -0.39 is 0 Å². The Balaban J connectivity index is 1.86. The van der Waals surface area contributed by atoms with E-state index in [4.69, 9.17) is 4.42 Å². The molecule has 25 heavy (non-hydrogen) atoms. The van der Waals surface area contributed by atoms with Gasteiger partial charge in [0.05, 0.1) is 17.9 Å². The lowest BCUT2D eigenvalue weighted by molar-refractivity contribution is -0.116. The van der Waals surface area contributed by atoms with Gasteiger partial charge in [-0.15, -0.1) is 0 Å². The standard InChI is InChI=1S/C21H18FNO2/c1-15(16-9-11-18(22)12-10-16)23-21(24)20(14-19-8-5-13-25-19)17-6-3-2-4-7-17/h2-15H,1H3,(H,23,24)/b20-14+. The van der Waals surface area contributed by atoms with Crippen LogP contribution in [0.2, 0.25) is 0 Å². The average Bonchev–Trinajstić information content (AvgIpc) is 3.14. The van der Waals surface area contributed by atoms with E-state index in [0.29, 0.717) is 11.3 Å². The molecule has 3 nitrogen and oxygen atoms in total. The molecule has 1 heterocycles. The van der Waals surface area contributed by atoms with Crippen LogP contribution < -0.4 is 5.32 Å². The van der Waals surface area contributed by atoms with Crippen molar-refractivity contribution in [1.82, 2.24) is 5.32 Å². The summed E-state index contributed by atoms with van der Waals surface area (Å²) in [5.41, 5.74) is 2.13. The number of carbonyl (C=O) groups excluding carboxylic acids is 1. The van der Waals surface area contributed by atoms with Crippen molar-refractivity contribution in [1.29, 1.82) is 0 Å². The Kier molecular flexibility index (Phi) is 5.09. The van der Waals surface area contributed by atoms with E-state index in [0.717, 1.165) is 11.1 Å². The SMILES string of the molecule is CC(NC(=O)/C(=C/c1ccco1)c1ccccc1)c1ccc(F)cc1. The molecule has 1 unspecified atom stereocenters. The molecular formula is C21H18FNO2. The van der Waals surface area contributed by atoms with Gasteiger partial charge in [0.25, 0.3) is 5.91 Å². The molecule has 1 atom stereocenters. The van der Waals surface area contributed by atoms with Crippen LogP contribution in [0.1, 0.15) is 29.9 Å². The summed E-state index contributed by atoms with van der Waals surface area (Å²) in [6.07, 6.45) is 3.27. The Morgan fingerprint density at radius 3 is 2.40 bits per heavy atom. The normalized spacial score (nSPS) is 12.6. The maximum atomic E-state index is 13.1. The first kappa shape index (κ1) is 16.7. The molecule has 0 aliphatic rings. The van der Waals surface area contributed by atoms with Gasteiger partial charge in [-0.25, -0.2) is 4.39 Å². The minimum Gasteiger partial charge on any atom is -0.465 e. The van der Waals surface area contributed by atoms with Crippen molar-refractivity contribution in [3.8, 4) is 0 Å².